The van der Waals surface area contributed by atoms with Crippen molar-refractivity contribution in [1.82, 2.24) is 5.32 Å². The molecule has 3 heteroatoms. The third-order valence-corrected chi connectivity index (χ3v) is 3.19. The second-order valence-electron chi connectivity index (χ2n) is 5.46. The van der Waals surface area contributed by atoms with Crippen molar-refractivity contribution in [2.75, 3.05) is 13.2 Å². The molecule has 0 aromatic rings. The van der Waals surface area contributed by atoms with E-state index in [1.165, 1.54) is 0 Å². The quantitative estimate of drug-likeness (QED) is 0.720. The fourth-order valence-electron chi connectivity index (χ4n) is 0.799. The van der Waals surface area contributed by atoms with Gasteiger partial charge in [-0.2, -0.15) is 0 Å². The summed E-state index contributed by atoms with van der Waals surface area (Å²) in [6.07, 6.45) is -0.402. The van der Waals surface area contributed by atoms with Crippen molar-refractivity contribution in [3.05, 3.63) is 24.3 Å². The van der Waals surface area contributed by atoms with Gasteiger partial charge in [-0.25, -0.2) is 4.79 Å². The predicted molar refractivity (Wildman–Crippen MR) is 71.9 cm³/mol. The van der Waals surface area contributed by atoms with Gasteiger partial charge < -0.3 is 10.1 Å². The van der Waals surface area contributed by atoms with E-state index in [0.29, 0.717) is 19.1 Å². The third kappa shape index (κ3) is 6.15. The Bertz CT molecular complexity index is 303. The Morgan fingerprint density at radius 1 is 1.35 bits per heavy atom. The highest BCUT2D eigenvalue weighted by Gasteiger charge is 2.24. The minimum Gasteiger partial charge on any atom is -0.449 e. The van der Waals surface area contributed by atoms with E-state index in [0.717, 1.165) is 11.1 Å². The van der Waals surface area contributed by atoms with Gasteiger partial charge in [0.25, 0.3) is 0 Å². The fraction of sp³-hybridized carbons (Fsp3) is 0.643. The Morgan fingerprint density at radius 2 is 1.88 bits per heavy atom. The molecule has 0 atom stereocenters. The lowest BCUT2D eigenvalue weighted by molar-refractivity contribution is 0.0754. The Morgan fingerprint density at radius 3 is 2.29 bits per heavy atom. The van der Waals surface area contributed by atoms with E-state index < -0.39 is 6.09 Å². The second-order valence-corrected chi connectivity index (χ2v) is 5.46. The molecule has 17 heavy (non-hydrogen) atoms. The Kier molecular flexibility index (Phi) is 6.00. The summed E-state index contributed by atoms with van der Waals surface area (Å²) >= 11 is 0. The minimum atomic E-state index is -0.402. The van der Waals surface area contributed by atoms with Gasteiger partial charge in [0, 0.05) is 12.0 Å². The zero-order valence-electron chi connectivity index (χ0n) is 11.7. The van der Waals surface area contributed by atoms with Crippen molar-refractivity contribution < 1.29 is 9.53 Å². The van der Waals surface area contributed by atoms with E-state index in [9.17, 15) is 4.79 Å². The molecule has 0 fully saturated rings. The number of alkyl carbamates (subject to hydrolysis) is 1. The van der Waals surface area contributed by atoms with Crippen molar-refractivity contribution in [3.8, 4) is 0 Å². The summed E-state index contributed by atoms with van der Waals surface area (Å²) in [5, 5.41) is 2.65. The number of hydrogen-bond donors (Lipinski definition) is 1. The normalized spacial score (nSPS) is 11.2. The Labute approximate surface area is 105 Å². The molecule has 3 nitrogen and oxygen atoms in total. The molecule has 0 aliphatic rings. The summed E-state index contributed by atoms with van der Waals surface area (Å²) in [6.45, 7) is 18.6. The van der Waals surface area contributed by atoms with Crippen LogP contribution < -0.4 is 5.32 Å². The monoisotopic (exact) mass is 239 g/mol. The average Bonchev–Trinajstić information content (AvgIpc) is 2.22. The lowest BCUT2D eigenvalue weighted by atomic mass is 9.82. The summed E-state index contributed by atoms with van der Waals surface area (Å²) in [5.41, 5.74) is 1.67. The van der Waals surface area contributed by atoms with Crippen LogP contribution in [0.15, 0.2) is 24.3 Å². The number of nitrogens with one attached hydrogen (secondary N) is 1. The van der Waals surface area contributed by atoms with Gasteiger partial charge in [-0.15, -0.1) is 0 Å². The van der Waals surface area contributed by atoms with Crippen LogP contribution in [0.3, 0.4) is 0 Å². The van der Waals surface area contributed by atoms with E-state index in [-0.39, 0.29) is 5.41 Å². The number of ether oxygens (including phenoxy) is 1. The summed E-state index contributed by atoms with van der Waals surface area (Å²) in [5.74, 6) is 0.459. The second kappa shape index (κ2) is 6.48. The smallest absolute Gasteiger partial charge is 0.407 e. The van der Waals surface area contributed by atoms with Crippen LogP contribution in [0.2, 0.25) is 0 Å². The first kappa shape index (κ1) is 15.8. The maximum absolute atomic E-state index is 11.4. The molecule has 0 rings (SSSR count). The highest BCUT2D eigenvalue weighted by Crippen LogP contribution is 2.25. The molecule has 0 bridgehead atoms. The summed E-state index contributed by atoms with van der Waals surface area (Å²) in [7, 11) is 0. The van der Waals surface area contributed by atoms with Gasteiger partial charge in [0.05, 0.1) is 6.61 Å². The van der Waals surface area contributed by atoms with E-state index in [2.05, 4.69) is 46.2 Å². The summed E-state index contributed by atoms with van der Waals surface area (Å²) in [6, 6.07) is 0. The maximum Gasteiger partial charge on any atom is 0.407 e. The van der Waals surface area contributed by atoms with Gasteiger partial charge in [0.2, 0.25) is 0 Å². The Balaban J connectivity index is 3.97. The average molecular weight is 239 g/mol. The third-order valence-electron chi connectivity index (χ3n) is 3.19. The van der Waals surface area contributed by atoms with E-state index in [1.54, 1.807) is 0 Å². The number of carbonyl (C=O) groups is 1. The van der Waals surface area contributed by atoms with Crippen molar-refractivity contribution in [2.24, 2.45) is 11.3 Å². The highest BCUT2D eigenvalue weighted by molar-refractivity contribution is 5.67. The van der Waals surface area contributed by atoms with E-state index in [1.807, 2.05) is 6.92 Å². The van der Waals surface area contributed by atoms with Gasteiger partial charge in [0.1, 0.15) is 0 Å². The first-order valence-corrected chi connectivity index (χ1v) is 5.91. The molecule has 0 spiro atoms. The predicted octanol–water partition coefficient (Wildman–Crippen LogP) is 3.53. The van der Waals surface area contributed by atoms with Gasteiger partial charge in [-0.3, -0.25) is 0 Å². The van der Waals surface area contributed by atoms with Crippen LogP contribution in [-0.4, -0.2) is 19.2 Å². The van der Waals surface area contributed by atoms with E-state index in [4.69, 9.17) is 4.74 Å². The molecule has 0 radical (unpaired) electrons. The molecule has 1 N–H and O–H groups in total. The number of amides is 1. The maximum atomic E-state index is 11.4. The molecular formula is C14H25NO2. The van der Waals surface area contributed by atoms with Crippen LogP contribution in [-0.2, 0) is 4.74 Å². The lowest BCUT2D eigenvalue weighted by Gasteiger charge is -2.28. The summed E-state index contributed by atoms with van der Waals surface area (Å²) < 4.78 is 5.18. The van der Waals surface area contributed by atoms with Gasteiger partial charge in [-0.1, -0.05) is 46.4 Å². The zero-order chi connectivity index (χ0) is 13.6. The van der Waals surface area contributed by atoms with Crippen molar-refractivity contribution >= 4 is 6.09 Å². The SMILES string of the molecule is C=C(C)C(=C)CNC(=O)OCC(C)(C)C(C)C. The van der Waals surface area contributed by atoms with Crippen LogP contribution in [0.4, 0.5) is 4.79 Å². The van der Waals surface area contributed by atoms with Crippen LogP contribution in [0.5, 0.6) is 0 Å². The van der Waals surface area contributed by atoms with Gasteiger partial charge in [-0.05, 0) is 18.4 Å². The van der Waals surface area contributed by atoms with Crippen LogP contribution in [0, 0.1) is 11.3 Å². The molecule has 0 unspecified atom stereocenters. The molecule has 0 saturated heterocycles. The van der Waals surface area contributed by atoms with Crippen LogP contribution in [0.1, 0.15) is 34.6 Å². The lowest BCUT2D eigenvalue weighted by Crippen LogP contribution is -2.32. The largest absolute Gasteiger partial charge is 0.449 e. The number of hydrogen-bond acceptors (Lipinski definition) is 2. The number of carbonyl (C=O) groups excluding carboxylic acids is 1. The van der Waals surface area contributed by atoms with Crippen molar-refractivity contribution in [1.29, 1.82) is 0 Å². The summed E-state index contributed by atoms with van der Waals surface area (Å²) in [4.78, 5) is 11.4. The van der Waals surface area contributed by atoms with Crippen LogP contribution in [0.25, 0.3) is 0 Å². The Hall–Kier alpha value is -1.25. The van der Waals surface area contributed by atoms with Crippen molar-refractivity contribution in [3.63, 3.8) is 0 Å². The molecule has 0 heterocycles. The molecule has 98 valence electrons. The van der Waals surface area contributed by atoms with E-state index >= 15 is 0 Å². The molecule has 0 aliphatic heterocycles. The molecule has 0 saturated carbocycles. The topological polar surface area (TPSA) is 38.3 Å². The fourth-order valence-corrected chi connectivity index (χ4v) is 0.799. The molecule has 0 aliphatic carbocycles. The minimum absolute atomic E-state index is 0.0112. The molecule has 0 aromatic carbocycles. The standard InChI is InChI=1S/C14H25NO2/c1-10(2)12(5)8-15-13(16)17-9-14(6,7)11(3)4/h11H,1,5,8-9H2,2-4,6-7H3,(H,15,16). The van der Waals surface area contributed by atoms with Crippen LogP contribution >= 0.6 is 0 Å². The van der Waals surface area contributed by atoms with Gasteiger partial charge >= 0.3 is 6.09 Å². The first-order chi connectivity index (χ1) is 7.66. The first-order valence-electron chi connectivity index (χ1n) is 5.91. The number of rotatable bonds is 6. The van der Waals surface area contributed by atoms with Gasteiger partial charge in [0.15, 0.2) is 0 Å². The highest BCUT2D eigenvalue weighted by atomic mass is 16.5. The zero-order valence-corrected chi connectivity index (χ0v) is 11.7. The molecular weight excluding hydrogens is 214 g/mol. The molecule has 0 aromatic heterocycles. The molecule has 1 amide bonds. The van der Waals surface area contributed by atoms with Crippen molar-refractivity contribution in [2.45, 2.75) is 34.6 Å².